The number of nitrogens with zero attached hydrogens (tertiary/aromatic N) is 1. The quantitative estimate of drug-likeness (QED) is 0.143. The molecule has 3 aromatic carbocycles. The summed E-state index contributed by atoms with van der Waals surface area (Å²) in [6, 6.07) is 17.2. The number of carbonyl (C=O) groups excluding carboxylic acids is 6. The third kappa shape index (κ3) is 11.4. The molecule has 13 nitrogen and oxygen atoms in total. The SMILES string of the molecule is C[C@@H](OC(=O)C(F)(F)F)[C@H](N)C(=O)NC(=O)c1ccc2c(c1)NCC2.NCc1cccc(C(=O)N(CC(=O)OC(=O)C(F)(F)F)c2ccccc2)c1. The van der Waals surface area contributed by atoms with E-state index in [1.165, 1.54) is 30.3 Å². The minimum Gasteiger partial charge on any atom is -0.454 e. The van der Waals surface area contributed by atoms with Crippen molar-refractivity contribution in [2.75, 3.05) is 23.3 Å². The lowest BCUT2D eigenvalue weighted by molar-refractivity contribution is -0.204. The van der Waals surface area contributed by atoms with Gasteiger partial charge in [0.2, 0.25) is 5.91 Å². The molecular weight excluding hydrogens is 708 g/mol. The summed E-state index contributed by atoms with van der Waals surface area (Å²) in [6.45, 7) is 1.07. The fraction of sp³-hybridized carbons (Fsp3) is 0.273. The molecule has 2 atom stereocenters. The van der Waals surface area contributed by atoms with Gasteiger partial charge in [-0.25, -0.2) is 14.4 Å². The molecule has 0 aromatic heterocycles. The predicted octanol–water partition coefficient (Wildman–Crippen LogP) is 3.16. The zero-order chi connectivity index (χ0) is 38.8. The van der Waals surface area contributed by atoms with Crippen LogP contribution in [-0.4, -0.2) is 73.2 Å². The van der Waals surface area contributed by atoms with Gasteiger partial charge in [-0.2, -0.15) is 26.3 Å². The number of para-hydroxylation sites is 1. The minimum atomic E-state index is -5.31. The topological polar surface area (TPSA) is 200 Å². The monoisotopic (exact) mass is 739 g/mol. The van der Waals surface area contributed by atoms with Gasteiger partial charge in [0.25, 0.3) is 11.8 Å². The molecule has 0 aliphatic carbocycles. The number of halogens is 6. The van der Waals surface area contributed by atoms with Gasteiger partial charge in [-0.15, -0.1) is 0 Å². The van der Waals surface area contributed by atoms with Crippen LogP contribution >= 0.6 is 0 Å². The van der Waals surface area contributed by atoms with Crippen molar-refractivity contribution in [3.05, 3.63) is 95.1 Å². The molecule has 1 aliphatic rings. The molecule has 4 rings (SSSR count). The van der Waals surface area contributed by atoms with Crippen molar-refractivity contribution >= 4 is 47.0 Å². The molecule has 0 fully saturated rings. The van der Waals surface area contributed by atoms with Crippen molar-refractivity contribution in [1.82, 2.24) is 5.32 Å². The summed E-state index contributed by atoms with van der Waals surface area (Å²) in [5.74, 6) is -9.08. The number of hydrogen-bond donors (Lipinski definition) is 4. The maximum Gasteiger partial charge on any atom is 0.491 e. The smallest absolute Gasteiger partial charge is 0.454 e. The number of rotatable bonds is 9. The maximum absolute atomic E-state index is 12.8. The molecule has 0 spiro atoms. The van der Waals surface area contributed by atoms with E-state index in [1.54, 1.807) is 42.5 Å². The lowest BCUT2D eigenvalue weighted by Crippen LogP contribution is -2.51. The highest BCUT2D eigenvalue weighted by molar-refractivity contribution is 6.09. The van der Waals surface area contributed by atoms with Crippen LogP contribution in [0.25, 0.3) is 0 Å². The first-order chi connectivity index (χ1) is 24.3. The molecule has 0 saturated carbocycles. The van der Waals surface area contributed by atoms with Gasteiger partial charge in [-0.3, -0.25) is 24.6 Å². The van der Waals surface area contributed by atoms with Crippen molar-refractivity contribution in [1.29, 1.82) is 0 Å². The van der Waals surface area contributed by atoms with Crippen molar-refractivity contribution in [3.8, 4) is 0 Å². The Morgan fingerprint density at radius 1 is 0.865 bits per heavy atom. The molecule has 0 unspecified atom stereocenters. The second kappa shape index (κ2) is 17.4. The highest BCUT2D eigenvalue weighted by atomic mass is 19.4. The van der Waals surface area contributed by atoms with Crippen LogP contribution in [0.2, 0.25) is 0 Å². The second-order valence-corrected chi connectivity index (χ2v) is 10.9. The van der Waals surface area contributed by atoms with E-state index < -0.39 is 66.7 Å². The number of amides is 3. The average molecular weight is 740 g/mol. The summed E-state index contributed by atoms with van der Waals surface area (Å²) in [5.41, 5.74) is 14.1. The van der Waals surface area contributed by atoms with Crippen LogP contribution in [0.4, 0.5) is 37.7 Å². The number of alkyl halides is 6. The van der Waals surface area contributed by atoms with Crippen LogP contribution in [0.5, 0.6) is 0 Å². The normalized spacial score (nSPS) is 13.2. The van der Waals surface area contributed by atoms with Crippen molar-refractivity contribution < 1.29 is 64.6 Å². The molecule has 0 bridgehead atoms. The molecule has 1 heterocycles. The fourth-order valence-corrected chi connectivity index (χ4v) is 4.42. The van der Waals surface area contributed by atoms with Crippen LogP contribution in [0, 0.1) is 0 Å². The molecular formula is C33H31F6N5O8. The molecule has 0 radical (unpaired) electrons. The summed E-state index contributed by atoms with van der Waals surface area (Å²) in [5, 5.41) is 5.05. The van der Waals surface area contributed by atoms with Gasteiger partial charge >= 0.3 is 30.3 Å². The Labute approximate surface area is 291 Å². The van der Waals surface area contributed by atoms with E-state index in [-0.39, 0.29) is 23.4 Å². The molecule has 6 N–H and O–H groups in total. The third-order valence-electron chi connectivity index (χ3n) is 7.10. The number of benzene rings is 3. The zero-order valence-corrected chi connectivity index (χ0v) is 27.0. The highest BCUT2D eigenvalue weighted by Crippen LogP contribution is 2.24. The van der Waals surface area contributed by atoms with Crippen molar-refractivity contribution in [2.45, 2.75) is 44.4 Å². The molecule has 19 heteroatoms. The third-order valence-corrected chi connectivity index (χ3v) is 7.10. The standard InChI is InChI=1S/C18H15F3N2O4.C15H16F3N3O4/c19-18(20,21)17(26)27-15(24)11-23(14-7-2-1-3-8-14)16(25)13-6-4-5-12(9-13)10-22;1-7(25-14(24)15(16,17)18)11(19)13(23)21-12(22)9-3-2-8-4-5-20-10(8)6-9/h1-9H,10-11,22H2;2-3,6-7,11,20H,4-5,19H2,1H3,(H,21,22,23)/t;7-,11+/m.1/s1. The number of nitrogens with one attached hydrogen (secondary N) is 2. The van der Waals surface area contributed by atoms with Crippen molar-refractivity contribution in [2.24, 2.45) is 11.5 Å². The Hall–Kier alpha value is -5.82. The minimum absolute atomic E-state index is 0.175. The number of hydrogen-bond acceptors (Lipinski definition) is 11. The number of nitrogens with two attached hydrogens (primary N) is 2. The van der Waals surface area contributed by atoms with Crippen LogP contribution in [-0.2, 0) is 41.6 Å². The number of ether oxygens (including phenoxy) is 2. The summed E-state index contributed by atoms with van der Waals surface area (Å²) < 4.78 is 81.0. The number of anilines is 2. The number of imide groups is 1. The maximum atomic E-state index is 12.8. The predicted molar refractivity (Wildman–Crippen MR) is 170 cm³/mol. The number of esters is 3. The van der Waals surface area contributed by atoms with Crippen LogP contribution < -0.4 is 27.0 Å². The average Bonchev–Trinajstić information content (AvgIpc) is 3.58. The van der Waals surface area contributed by atoms with Crippen LogP contribution in [0.1, 0.15) is 38.8 Å². The van der Waals surface area contributed by atoms with Crippen LogP contribution in [0.3, 0.4) is 0 Å². The van der Waals surface area contributed by atoms with E-state index in [1.807, 2.05) is 5.32 Å². The highest BCUT2D eigenvalue weighted by Gasteiger charge is 2.44. The lowest BCUT2D eigenvalue weighted by Gasteiger charge is -2.22. The molecule has 0 saturated heterocycles. The summed E-state index contributed by atoms with van der Waals surface area (Å²) in [6.07, 6.45) is -11.3. The van der Waals surface area contributed by atoms with E-state index in [0.717, 1.165) is 36.0 Å². The largest absolute Gasteiger partial charge is 0.491 e. The molecule has 3 aromatic rings. The Bertz CT molecular complexity index is 1800. The molecule has 1 aliphatic heterocycles. The zero-order valence-electron chi connectivity index (χ0n) is 27.0. The summed E-state index contributed by atoms with van der Waals surface area (Å²) in [7, 11) is 0. The Kier molecular flexibility index (Phi) is 13.6. The van der Waals surface area contributed by atoms with Gasteiger partial charge in [0.1, 0.15) is 18.7 Å². The van der Waals surface area contributed by atoms with E-state index in [2.05, 4.69) is 14.8 Å². The first kappa shape index (κ1) is 40.6. The van der Waals surface area contributed by atoms with E-state index >= 15 is 0 Å². The molecule has 3 amide bonds. The second-order valence-electron chi connectivity index (χ2n) is 10.9. The first-order valence-corrected chi connectivity index (χ1v) is 15.0. The van der Waals surface area contributed by atoms with E-state index in [9.17, 15) is 55.1 Å². The summed E-state index contributed by atoms with van der Waals surface area (Å²) >= 11 is 0. The Morgan fingerprint density at radius 3 is 2.13 bits per heavy atom. The number of fused-ring (bicyclic) bond motifs is 1. The number of carbonyl (C=O) groups is 6. The fourth-order valence-electron chi connectivity index (χ4n) is 4.42. The van der Waals surface area contributed by atoms with Gasteiger partial charge in [-0.1, -0.05) is 36.4 Å². The van der Waals surface area contributed by atoms with Gasteiger partial charge in [0, 0.05) is 35.6 Å². The van der Waals surface area contributed by atoms with Gasteiger partial charge in [0.05, 0.1) is 0 Å². The molecule has 278 valence electrons. The van der Waals surface area contributed by atoms with E-state index in [0.29, 0.717) is 5.56 Å². The van der Waals surface area contributed by atoms with E-state index in [4.69, 9.17) is 11.5 Å². The van der Waals surface area contributed by atoms with Gasteiger partial charge in [0.15, 0.2) is 0 Å². The van der Waals surface area contributed by atoms with Gasteiger partial charge < -0.3 is 26.3 Å². The van der Waals surface area contributed by atoms with Crippen LogP contribution in [0.15, 0.2) is 72.8 Å². The lowest BCUT2D eigenvalue weighted by atomic mass is 10.1. The molecule has 52 heavy (non-hydrogen) atoms. The Balaban J connectivity index is 0.000000281. The summed E-state index contributed by atoms with van der Waals surface area (Å²) in [4.78, 5) is 71.0. The Morgan fingerprint density at radius 2 is 1.52 bits per heavy atom. The van der Waals surface area contributed by atoms with Gasteiger partial charge in [-0.05, 0) is 60.9 Å². The first-order valence-electron chi connectivity index (χ1n) is 15.0. The van der Waals surface area contributed by atoms with Crippen molar-refractivity contribution in [3.63, 3.8) is 0 Å².